The van der Waals surface area contributed by atoms with E-state index in [0.29, 0.717) is 0 Å². The number of fused-ring (bicyclic) bond motifs is 8. The summed E-state index contributed by atoms with van der Waals surface area (Å²) in [6.45, 7) is 0. The maximum atomic E-state index is 5.63. The second kappa shape index (κ2) is 17.8. The number of rotatable bonds is 8. The van der Waals surface area contributed by atoms with Crippen LogP contribution in [0.1, 0.15) is 0 Å². The molecule has 1 heterocycles. The van der Waals surface area contributed by atoms with Crippen molar-refractivity contribution in [3.63, 3.8) is 0 Å². The fraction of sp³-hybridized carbons (Fsp3) is 0.0667. The molecule has 0 N–H and O–H groups in total. The number of hydrogen-bond donors (Lipinski definition) is 0. The van der Waals surface area contributed by atoms with Crippen molar-refractivity contribution in [3.8, 4) is 23.0 Å². The van der Waals surface area contributed by atoms with Crippen LogP contribution in [0.3, 0.4) is 0 Å². The normalized spacial score (nSPS) is 12.3. The first-order valence-corrected chi connectivity index (χ1v) is 22.5. The molecule has 10 aromatic carbocycles. The van der Waals surface area contributed by atoms with E-state index >= 15 is 0 Å². The summed E-state index contributed by atoms with van der Waals surface area (Å²) < 4.78 is 22.5. The molecule has 68 heavy (non-hydrogen) atoms. The van der Waals surface area contributed by atoms with Crippen molar-refractivity contribution in [2.24, 2.45) is 0 Å². The number of nitrogens with zero attached hydrogens (tertiary/aromatic N) is 4. The Labute approximate surface area is 396 Å². The Kier molecular flexibility index (Phi) is 11.0. The highest BCUT2D eigenvalue weighted by Gasteiger charge is 2.22. The van der Waals surface area contributed by atoms with Gasteiger partial charge in [-0.05, 0) is 204 Å². The second-order valence-corrected chi connectivity index (χ2v) is 16.6. The topological polar surface area (TPSA) is 49.9 Å². The highest BCUT2D eigenvalue weighted by molar-refractivity contribution is 5.96. The first-order chi connectivity index (χ1) is 33.5. The van der Waals surface area contributed by atoms with Gasteiger partial charge in [-0.2, -0.15) is 0 Å². The summed E-state index contributed by atoms with van der Waals surface area (Å²) in [5.41, 5.74) is 12.0. The molecule has 10 aromatic rings. The van der Waals surface area contributed by atoms with Gasteiger partial charge in [0.25, 0.3) is 0 Å². The van der Waals surface area contributed by atoms with Crippen LogP contribution in [0.5, 0.6) is 23.0 Å². The highest BCUT2D eigenvalue weighted by atomic mass is 16.5. The van der Waals surface area contributed by atoms with Crippen LogP contribution in [-0.4, -0.2) is 28.4 Å². The summed E-state index contributed by atoms with van der Waals surface area (Å²) in [6, 6.07) is 77.2. The van der Waals surface area contributed by atoms with Crippen LogP contribution in [0.25, 0.3) is 21.5 Å². The van der Waals surface area contributed by atoms with Gasteiger partial charge in [0.15, 0.2) is 0 Å². The van der Waals surface area contributed by atoms with Crippen LogP contribution in [-0.2, 0) is 0 Å². The number of methoxy groups -OCH3 is 4. The van der Waals surface area contributed by atoms with Gasteiger partial charge in [-0.1, -0.05) is 36.4 Å². The largest absolute Gasteiger partial charge is 0.497 e. The minimum Gasteiger partial charge on any atom is -0.497 e. The third-order valence-corrected chi connectivity index (χ3v) is 12.7. The molecule has 0 atom stereocenters. The first kappa shape index (κ1) is 41.8. The van der Waals surface area contributed by atoms with E-state index in [9.17, 15) is 0 Å². The van der Waals surface area contributed by atoms with E-state index in [0.717, 1.165) is 113 Å². The summed E-state index contributed by atoms with van der Waals surface area (Å²) >= 11 is 0. The lowest BCUT2D eigenvalue weighted by molar-refractivity contribution is 0.414. The van der Waals surface area contributed by atoms with E-state index in [2.05, 4.69) is 189 Å². The van der Waals surface area contributed by atoms with E-state index in [4.69, 9.17) is 18.9 Å². The second-order valence-electron chi connectivity index (χ2n) is 16.6. The van der Waals surface area contributed by atoms with Crippen molar-refractivity contribution in [2.45, 2.75) is 0 Å². The van der Waals surface area contributed by atoms with Crippen LogP contribution in [0.4, 0.5) is 68.2 Å². The van der Waals surface area contributed by atoms with Crippen molar-refractivity contribution in [3.05, 3.63) is 218 Å². The Balaban J connectivity index is 1.20. The zero-order valence-electron chi connectivity index (χ0n) is 38.2. The van der Waals surface area contributed by atoms with Crippen molar-refractivity contribution < 1.29 is 18.9 Å². The number of anilines is 12. The van der Waals surface area contributed by atoms with Crippen LogP contribution < -0.4 is 38.5 Å². The molecule has 0 saturated carbocycles. The van der Waals surface area contributed by atoms with Gasteiger partial charge in [0.1, 0.15) is 23.0 Å². The van der Waals surface area contributed by atoms with Gasteiger partial charge in [0.2, 0.25) is 0 Å². The van der Waals surface area contributed by atoms with Crippen molar-refractivity contribution in [1.29, 1.82) is 0 Å². The summed E-state index contributed by atoms with van der Waals surface area (Å²) in [5, 5.41) is 4.42. The monoisotopic (exact) mass is 888 g/mol. The van der Waals surface area contributed by atoms with Crippen LogP contribution in [0.15, 0.2) is 218 Å². The predicted octanol–water partition coefficient (Wildman–Crippen LogP) is 16.2. The molecule has 0 amide bonds. The Hall–Kier alpha value is -8.88. The van der Waals surface area contributed by atoms with E-state index < -0.39 is 0 Å². The lowest BCUT2D eigenvalue weighted by Gasteiger charge is -2.31. The van der Waals surface area contributed by atoms with E-state index in [1.807, 2.05) is 48.5 Å². The molecule has 332 valence electrons. The molecule has 0 unspecified atom stereocenters. The number of hydrogen-bond acceptors (Lipinski definition) is 8. The molecule has 8 nitrogen and oxygen atoms in total. The Morgan fingerprint density at radius 3 is 0.632 bits per heavy atom. The van der Waals surface area contributed by atoms with E-state index in [1.54, 1.807) is 28.4 Å². The smallest absolute Gasteiger partial charge is 0.119 e. The lowest BCUT2D eigenvalue weighted by atomic mass is 10.0. The van der Waals surface area contributed by atoms with Gasteiger partial charge in [0, 0.05) is 68.2 Å². The quantitative estimate of drug-likeness (QED) is 0.150. The number of ether oxygens (including phenoxy) is 4. The van der Waals surface area contributed by atoms with Crippen LogP contribution >= 0.6 is 0 Å². The van der Waals surface area contributed by atoms with Gasteiger partial charge in [-0.25, -0.2) is 0 Å². The standard InChI is InChI=1S/C60H48N4O4/c1-65-57-27-19-45(20-28-57)61-49-7-5-8-50(39-49)62(46-21-29-58(66-2)30-22-46)55-17-13-42-14-18-56(38-44(42)37-55)64(48-25-33-60(68-4)34-26-48)52-10-6-9-51(40-52)63(47-23-31-59(67-3)32-24-47)54-16-12-41-11-15-53(61)35-43(41)36-54/h5-40H,1-4H3. The third kappa shape index (κ3) is 7.88. The summed E-state index contributed by atoms with van der Waals surface area (Å²) in [7, 11) is 6.79. The number of benzene rings is 10. The maximum Gasteiger partial charge on any atom is 0.119 e. The van der Waals surface area contributed by atoms with E-state index in [1.165, 1.54) is 0 Å². The van der Waals surface area contributed by atoms with Gasteiger partial charge < -0.3 is 38.5 Å². The van der Waals surface area contributed by atoms with Crippen molar-refractivity contribution >= 4 is 89.8 Å². The molecule has 0 spiro atoms. The SMILES string of the molecule is COc1ccc(N2c3cccc(c3)N(c3ccc(OC)cc3)c3ccc4ccc(cc4c3)N(c3ccc(OC)cc3)c3cccc(c3)N(c3ccc(OC)cc3)c3ccc4ccc2cc4c3)cc1. The molecule has 11 rings (SSSR count). The molecule has 1 aliphatic heterocycles. The molecular formula is C60H48N4O4. The Morgan fingerprint density at radius 1 is 0.206 bits per heavy atom. The average molecular weight is 889 g/mol. The van der Waals surface area contributed by atoms with Gasteiger partial charge in [-0.3, -0.25) is 0 Å². The molecule has 8 heteroatoms. The zero-order valence-corrected chi connectivity index (χ0v) is 38.2. The molecule has 0 aliphatic carbocycles. The molecule has 0 aromatic heterocycles. The minimum absolute atomic E-state index is 0.790. The molecule has 0 radical (unpaired) electrons. The maximum absolute atomic E-state index is 5.63. The van der Waals surface area contributed by atoms with Gasteiger partial charge in [-0.15, -0.1) is 0 Å². The van der Waals surface area contributed by atoms with Gasteiger partial charge >= 0.3 is 0 Å². The third-order valence-electron chi connectivity index (χ3n) is 12.7. The summed E-state index contributed by atoms with van der Waals surface area (Å²) in [5.74, 6) is 3.16. The van der Waals surface area contributed by atoms with Crippen molar-refractivity contribution in [1.82, 2.24) is 0 Å². The molecule has 10 bridgehead atoms. The Morgan fingerprint density at radius 2 is 0.412 bits per heavy atom. The molecule has 1 aliphatic rings. The lowest BCUT2D eigenvalue weighted by Crippen LogP contribution is -2.14. The van der Waals surface area contributed by atoms with Crippen molar-refractivity contribution in [2.75, 3.05) is 48.0 Å². The fourth-order valence-corrected chi connectivity index (χ4v) is 9.26. The molecule has 0 fully saturated rings. The predicted molar refractivity (Wildman–Crippen MR) is 280 cm³/mol. The summed E-state index contributed by atoms with van der Waals surface area (Å²) in [4.78, 5) is 9.24. The zero-order chi connectivity index (χ0) is 46.1. The molecule has 0 saturated heterocycles. The first-order valence-electron chi connectivity index (χ1n) is 22.5. The van der Waals surface area contributed by atoms with Crippen LogP contribution in [0, 0.1) is 0 Å². The molecular weight excluding hydrogens is 841 g/mol. The van der Waals surface area contributed by atoms with E-state index in [-0.39, 0.29) is 0 Å². The fourth-order valence-electron chi connectivity index (χ4n) is 9.26. The average Bonchev–Trinajstić information content (AvgIpc) is 3.39. The highest BCUT2D eigenvalue weighted by Crippen LogP contribution is 2.46. The Bertz CT molecular complexity index is 2970. The summed E-state index contributed by atoms with van der Waals surface area (Å²) in [6.07, 6.45) is 0. The minimum atomic E-state index is 0.790. The van der Waals surface area contributed by atoms with Crippen LogP contribution in [0.2, 0.25) is 0 Å². The van der Waals surface area contributed by atoms with Gasteiger partial charge in [0.05, 0.1) is 28.4 Å².